The van der Waals surface area contributed by atoms with Gasteiger partial charge in [0.25, 0.3) is 0 Å². The third kappa shape index (κ3) is 4.23. The Balaban J connectivity index is 1.64. The van der Waals surface area contributed by atoms with Crippen molar-refractivity contribution in [2.45, 2.75) is 19.8 Å². The minimum atomic E-state index is -0.0891. The summed E-state index contributed by atoms with van der Waals surface area (Å²) in [6.07, 6.45) is 3.39. The largest absolute Gasteiger partial charge is 0.355 e. The molecule has 0 spiro atoms. The fraction of sp³-hybridized carbons (Fsp3) is 0.444. The third-order valence-corrected chi connectivity index (χ3v) is 4.41. The maximum Gasteiger partial charge on any atom is 0.224 e. The first-order valence-electron chi connectivity index (χ1n) is 8.62. The highest BCUT2D eigenvalue weighted by atomic mass is 16.2. The number of hydrogen-bond donors (Lipinski definition) is 2. The van der Waals surface area contributed by atoms with Gasteiger partial charge in [-0.15, -0.1) is 0 Å². The molecule has 1 unspecified atom stereocenters. The number of anilines is 1. The van der Waals surface area contributed by atoms with Crippen molar-refractivity contribution in [3.63, 3.8) is 0 Å². The first-order chi connectivity index (χ1) is 12.1. The first-order valence-corrected chi connectivity index (χ1v) is 8.62. The molecule has 1 aliphatic heterocycles. The lowest BCUT2D eigenvalue weighted by atomic mass is 9.97. The van der Waals surface area contributed by atoms with Gasteiger partial charge in [0, 0.05) is 38.5 Å². The van der Waals surface area contributed by atoms with Crippen LogP contribution < -0.4 is 15.5 Å². The number of rotatable bonds is 5. The van der Waals surface area contributed by atoms with Crippen molar-refractivity contribution in [2.75, 3.05) is 31.1 Å². The normalized spacial score (nSPS) is 17.3. The summed E-state index contributed by atoms with van der Waals surface area (Å²) in [7, 11) is 0. The summed E-state index contributed by atoms with van der Waals surface area (Å²) in [5.41, 5.74) is 0.911. The monoisotopic (exact) mass is 341 g/mol. The Kier molecular flexibility index (Phi) is 5.42. The van der Waals surface area contributed by atoms with E-state index in [-0.39, 0.29) is 17.7 Å². The van der Waals surface area contributed by atoms with Crippen LogP contribution in [0.1, 0.15) is 19.8 Å². The van der Waals surface area contributed by atoms with Gasteiger partial charge in [-0.25, -0.2) is 9.97 Å². The van der Waals surface area contributed by atoms with Crippen LogP contribution in [0, 0.1) is 5.92 Å². The Bertz CT molecular complexity index is 759. The number of fused-ring (bicyclic) bond motifs is 1. The van der Waals surface area contributed by atoms with E-state index in [0.717, 1.165) is 36.1 Å². The number of hydrogen-bond acceptors (Lipinski definition) is 5. The standard InChI is InChI=1S/C18H23N5O2/c1-13(24)19-8-9-20-18(25)14-5-4-10-23(11-14)17-15-6-2-3-7-16(15)21-12-22-17/h2-3,6-7,12,14H,4-5,8-11H2,1H3,(H,19,24)(H,20,25). The van der Waals surface area contributed by atoms with Crippen molar-refractivity contribution in [1.82, 2.24) is 20.6 Å². The van der Waals surface area contributed by atoms with E-state index in [1.54, 1.807) is 6.33 Å². The van der Waals surface area contributed by atoms with Gasteiger partial charge in [-0.05, 0) is 25.0 Å². The molecule has 2 aromatic rings. The number of carbonyl (C=O) groups is 2. The number of amides is 2. The van der Waals surface area contributed by atoms with Gasteiger partial charge >= 0.3 is 0 Å². The quantitative estimate of drug-likeness (QED) is 0.795. The van der Waals surface area contributed by atoms with Crippen molar-refractivity contribution in [1.29, 1.82) is 0 Å². The number of para-hydroxylation sites is 1. The zero-order chi connectivity index (χ0) is 17.6. The van der Waals surface area contributed by atoms with E-state index in [1.807, 2.05) is 24.3 Å². The van der Waals surface area contributed by atoms with Crippen molar-refractivity contribution in [3.05, 3.63) is 30.6 Å². The molecule has 0 radical (unpaired) electrons. The summed E-state index contributed by atoms with van der Waals surface area (Å²) in [5.74, 6) is 0.767. The SMILES string of the molecule is CC(=O)NCCNC(=O)C1CCCN(c2ncnc3ccccc23)C1. The number of benzene rings is 1. The predicted octanol–water partition coefficient (Wildman–Crippen LogP) is 1.10. The molecule has 2 amide bonds. The topological polar surface area (TPSA) is 87.2 Å². The fourth-order valence-corrected chi connectivity index (χ4v) is 3.19. The highest BCUT2D eigenvalue weighted by Gasteiger charge is 2.27. The minimum Gasteiger partial charge on any atom is -0.355 e. The molecule has 0 aliphatic carbocycles. The third-order valence-electron chi connectivity index (χ3n) is 4.41. The Morgan fingerprint density at radius 1 is 1.20 bits per heavy atom. The van der Waals surface area contributed by atoms with Crippen molar-refractivity contribution in [2.24, 2.45) is 5.92 Å². The van der Waals surface area contributed by atoms with Gasteiger partial charge in [-0.2, -0.15) is 0 Å². The average Bonchev–Trinajstić information content (AvgIpc) is 2.64. The molecule has 1 saturated heterocycles. The van der Waals surface area contributed by atoms with E-state index in [9.17, 15) is 9.59 Å². The molecule has 1 aromatic carbocycles. The van der Waals surface area contributed by atoms with E-state index in [0.29, 0.717) is 19.6 Å². The average molecular weight is 341 g/mol. The van der Waals surface area contributed by atoms with E-state index in [4.69, 9.17) is 0 Å². The van der Waals surface area contributed by atoms with Crippen molar-refractivity contribution in [3.8, 4) is 0 Å². The molecule has 3 rings (SSSR count). The zero-order valence-electron chi connectivity index (χ0n) is 14.4. The summed E-state index contributed by atoms with van der Waals surface area (Å²) in [6, 6.07) is 7.92. The van der Waals surface area contributed by atoms with Gasteiger partial charge in [-0.3, -0.25) is 9.59 Å². The van der Waals surface area contributed by atoms with E-state index >= 15 is 0 Å². The van der Waals surface area contributed by atoms with Crippen LogP contribution in [0.25, 0.3) is 10.9 Å². The van der Waals surface area contributed by atoms with Gasteiger partial charge in [-0.1, -0.05) is 12.1 Å². The fourth-order valence-electron chi connectivity index (χ4n) is 3.19. The molecule has 7 nitrogen and oxygen atoms in total. The van der Waals surface area contributed by atoms with Gasteiger partial charge in [0.15, 0.2) is 0 Å². The van der Waals surface area contributed by atoms with Gasteiger partial charge in [0.2, 0.25) is 11.8 Å². The Hall–Kier alpha value is -2.70. The molecule has 132 valence electrons. The Morgan fingerprint density at radius 2 is 2.00 bits per heavy atom. The number of aromatic nitrogens is 2. The molecule has 1 aliphatic rings. The molecule has 0 bridgehead atoms. The van der Waals surface area contributed by atoms with Crippen LogP contribution in [-0.2, 0) is 9.59 Å². The van der Waals surface area contributed by atoms with Gasteiger partial charge in [0.05, 0.1) is 11.4 Å². The van der Waals surface area contributed by atoms with Crippen molar-refractivity contribution < 1.29 is 9.59 Å². The second-order valence-electron chi connectivity index (χ2n) is 6.27. The maximum absolute atomic E-state index is 12.4. The zero-order valence-corrected chi connectivity index (χ0v) is 14.4. The summed E-state index contributed by atoms with van der Waals surface area (Å²) in [6.45, 7) is 3.90. The second-order valence-corrected chi connectivity index (χ2v) is 6.27. The first kappa shape index (κ1) is 17.1. The highest BCUT2D eigenvalue weighted by Crippen LogP contribution is 2.27. The molecule has 2 N–H and O–H groups in total. The smallest absolute Gasteiger partial charge is 0.224 e. The number of piperidine rings is 1. The molecule has 25 heavy (non-hydrogen) atoms. The number of carbonyl (C=O) groups excluding carboxylic acids is 2. The molecule has 1 atom stereocenters. The minimum absolute atomic E-state index is 0.0356. The second kappa shape index (κ2) is 7.92. The van der Waals surface area contributed by atoms with E-state index in [1.165, 1.54) is 6.92 Å². The summed E-state index contributed by atoms with van der Waals surface area (Å²) in [5, 5.41) is 6.59. The molecule has 2 heterocycles. The Labute approximate surface area is 146 Å². The maximum atomic E-state index is 12.4. The summed E-state index contributed by atoms with van der Waals surface area (Å²) >= 11 is 0. The van der Waals surface area contributed by atoms with E-state index in [2.05, 4.69) is 25.5 Å². The van der Waals surface area contributed by atoms with Crippen LogP contribution in [0.5, 0.6) is 0 Å². The number of nitrogens with zero attached hydrogens (tertiary/aromatic N) is 3. The molecular formula is C18H23N5O2. The van der Waals surface area contributed by atoms with E-state index < -0.39 is 0 Å². The number of nitrogens with one attached hydrogen (secondary N) is 2. The van der Waals surface area contributed by atoms with Crippen LogP contribution >= 0.6 is 0 Å². The molecule has 1 fully saturated rings. The van der Waals surface area contributed by atoms with Crippen LogP contribution in [0.2, 0.25) is 0 Å². The van der Waals surface area contributed by atoms with Gasteiger partial charge in [0.1, 0.15) is 12.1 Å². The molecular weight excluding hydrogens is 318 g/mol. The summed E-state index contributed by atoms with van der Waals surface area (Å²) < 4.78 is 0. The molecule has 7 heteroatoms. The van der Waals surface area contributed by atoms with Gasteiger partial charge < -0.3 is 15.5 Å². The van der Waals surface area contributed by atoms with Crippen LogP contribution in [-0.4, -0.2) is 48.0 Å². The lowest BCUT2D eigenvalue weighted by Gasteiger charge is -2.33. The molecule has 0 saturated carbocycles. The van der Waals surface area contributed by atoms with Crippen molar-refractivity contribution >= 4 is 28.5 Å². The highest BCUT2D eigenvalue weighted by molar-refractivity contribution is 5.89. The van der Waals surface area contributed by atoms with Crippen LogP contribution in [0.4, 0.5) is 5.82 Å². The van der Waals surface area contributed by atoms with Crippen LogP contribution in [0.15, 0.2) is 30.6 Å². The summed E-state index contributed by atoms with van der Waals surface area (Å²) in [4.78, 5) is 34.2. The van der Waals surface area contributed by atoms with Crippen LogP contribution in [0.3, 0.4) is 0 Å². The Morgan fingerprint density at radius 3 is 2.84 bits per heavy atom. The lowest BCUT2D eigenvalue weighted by molar-refractivity contribution is -0.125. The lowest BCUT2D eigenvalue weighted by Crippen LogP contribution is -2.45. The predicted molar refractivity (Wildman–Crippen MR) is 96.2 cm³/mol. The molecule has 1 aromatic heterocycles.